The molecule has 0 saturated heterocycles. The molecule has 7 heteroatoms. The molecule has 0 atom stereocenters. The van der Waals surface area contributed by atoms with Gasteiger partial charge >= 0.3 is 0 Å². The van der Waals surface area contributed by atoms with Crippen LogP contribution < -0.4 is 0 Å². The van der Waals surface area contributed by atoms with E-state index in [0.29, 0.717) is 12.4 Å². The summed E-state index contributed by atoms with van der Waals surface area (Å²) in [5.74, 6) is 0.751. The summed E-state index contributed by atoms with van der Waals surface area (Å²) in [5.41, 5.74) is 0. The molecule has 0 bridgehead atoms. The molecule has 0 aliphatic rings. The van der Waals surface area contributed by atoms with E-state index in [1.807, 2.05) is 20.8 Å². The van der Waals surface area contributed by atoms with Gasteiger partial charge in [0.2, 0.25) is 0 Å². The summed E-state index contributed by atoms with van der Waals surface area (Å²) in [6, 6.07) is 0. The van der Waals surface area contributed by atoms with E-state index in [4.69, 9.17) is 10.7 Å². The molecule has 14 heavy (non-hydrogen) atoms. The van der Waals surface area contributed by atoms with Crippen LogP contribution in [0.3, 0.4) is 0 Å². The molecule has 80 valence electrons. The van der Waals surface area contributed by atoms with Crippen molar-refractivity contribution in [1.82, 2.24) is 14.8 Å². The molecule has 5 nitrogen and oxygen atoms in total. The lowest BCUT2D eigenvalue weighted by atomic mass is 10.2. The molecule has 0 N–H and O–H groups in total. The molecular weight excluding hydrogens is 226 g/mol. The van der Waals surface area contributed by atoms with Gasteiger partial charge in [-0.2, -0.15) is 0 Å². The fourth-order valence-electron chi connectivity index (χ4n) is 1.20. The minimum absolute atomic E-state index is 0.120. The van der Waals surface area contributed by atoms with Crippen molar-refractivity contribution in [3.8, 4) is 0 Å². The van der Waals surface area contributed by atoms with Gasteiger partial charge in [-0.1, -0.05) is 13.8 Å². The second-order valence-corrected chi connectivity index (χ2v) is 5.64. The molecule has 0 unspecified atom stereocenters. The van der Waals surface area contributed by atoms with Gasteiger partial charge in [0.1, 0.15) is 5.82 Å². The molecule has 0 radical (unpaired) electrons. The van der Waals surface area contributed by atoms with Gasteiger partial charge in [-0.25, -0.2) is 8.42 Å². The zero-order chi connectivity index (χ0) is 10.9. The summed E-state index contributed by atoms with van der Waals surface area (Å²) in [5, 5.41) is 7.20. The van der Waals surface area contributed by atoms with E-state index >= 15 is 0 Å². The van der Waals surface area contributed by atoms with Crippen LogP contribution in [-0.4, -0.2) is 23.2 Å². The highest BCUT2D eigenvalue weighted by molar-refractivity contribution is 8.13. The van der Waals surface area contributed by atoms with Gasteiger partial charge in [0, 0.05) is 23.1 Å². The molecular formula is C7H12ClN3O2S. The van der Waals surface area contributed by atoms with Gasteiger partial charge in [-0.15, -0.1) is 10.2 Å². The summed E-state index contributed by atoms with van der Waals surface area (Å²) in [6.07, 6.45) is 0. The first-order valence-electron chi connectivity index (χ1n) is 4.25. The number of aromatic nitrogens is 3. The Hall–Kier alpha value is -0.620. The van der Waals surface area contributed by atoms with Crippen molar-refractivity contribution in [2.75, 3.05) is 0 Å². The number of hydrogen-bond acceptors (Lipinski definition) is 4. The Morgan fingerprint density at radius 1 is 1.43 bits per heavy atom. The quantitative estimate of drug-likeness (QED) is 0.745. The van der Waals surface area contributed by atoms with Crippen molar-refractivity contribution in [2.45, 2.75) is 38.4 Å². The highest BCUT2D eigenvalue weighted by atomic mass is 35.7. The lowest BCUT2D eigenvalue weighted by Crippen LogP contribution is -2.09. The second kappa shape index (κ2) is 3.86. The van der Waals surface area contributed by atoms with E-state index in [9.17, 15) is 8.42 Å². The maximum atomic E-state index is 11.1. The summed E-state index contributed by atoms with van der Waals surface area (Å²) >= 11 is 0. The van der Waals surface area contributed by atoms with Gasteiger partial charge in [0.25, 0.3) is 14.2 Å². The Balaban J connectivity index is 3.35. The van der Waals surface area contributed by atoms with E-state index < -0.39 is 9.05 Å². The standard InChI is InChI=1S/C7H12ClN3O2S/c1-4-11-6(5(2)3)9-10-7(11)14(8,12)13/h5H,4H2,1-3H3. The summed E-state index contributed by atoms with van der Waals surface area (Å²) in [7, 11) is 1.41. The lowest BCUT2D eigenvalue weighted by molar-refractivity contribution is 0.568. The Kier molecular flexibility index (Phi) is 3.16. The Bertz CT molecular complexity index is 424. The normalized spacial score (nSPS) is 12.4. The van der Waals surface area contributed by atoms with Crippen LogP contribution >= 0.6 is 10.7 Å². The molecule has 0 aliphatic carbocycles. The maximum absolute atomic E-state index is 11.1. The van der Waals surface area contributed by atoms with Crippen LogP contribution in [0.1, 0.15) is 32.5 Å². The number of halogens is 1. The van der Waals surface area contributed by atoms with Gasteiger partial charge in [-0.05, 0) is 6.92 Å². The fraction of sp³-hybridized carbons (Fsp3) is 0.714. The summed E-state index contributed by atoms with van der Waals surface area (Å²) < 4.78 is 23.7. The predicted molar refractivity (Wildman–Crippen MR) is 52.8 cm³/mol. The van der Waals surface area contributed by atoms with Crippen molar-refractivity contribution < 1.29 is 8.42 Å². The minimum Gasteiger partial charge on any atom is -0.301 e. The van der Waals surface area contributed by atoms with Gasteiger partial charge in [0.05, 0.1) is 0 Å². The molecule has 0 saturated carbocycles. The van der Waals surface area contributed by atoms with Crippen LogP contribution in [0.2, 0.25) is 0 Å². The number of hydrogen-bond donors (Lipinski definition) is 0. The molecule has 0 spiro atoms. The minimum atomic E-state index is -3.80. The number of nitrogens with zero attached hydrogens (tertiary/aromatic N) is 3. The van der Waals surface area contributed by atoms with E-state index in [1.54, 1.807) is 0 Å². The van der Waals surface area contributed by atoms with E-state index in [1.165, 1.54) is 4.57 Å². The number of rotatable bonds is 3. The highest BCUT2D eigenvalue weighted by Crippen LogP contribution is 2.18. The summed E-state index contributed by atoms with van der Waals surface area (Å²) in [6.45, 7) is 6.14. The SMILES string of the molecule is CCn1c(C(C)C)nnc1S(=O)(=O)Cl. The van der Waals surface area contributed by atoms with E-state index in [2.05, 4.69) is 10.2 Å². The van der Waals surface area contributed by atoms with Crippen molar-refractivity contribution in [3.05, 3.63) is 5.82 Å². The molecule has 1 rings (SSSR count). The third-order valence-corrected chi connectivity index (χ3v) is 2.95. The zero-order valence-corrected chi connectivity index (χ0v) is 9.80. The molecule has 0 fully saturated rings. The van der Waals surface area contributed by atoms with Crippen LogP contribution in [-0.2, 0) is 15.6 Å². The van der Waals surface area contributed by atoms with Gasteiger partial charge < -0.3 is 4.57 Å². The third kappa shape index (κ3) is 2.06. The average Bonchev–Trinajstić information content (AvgIpc) is 2.45. The fourth-order valence-corrected chi connectivity index (χ4v) is 2.17. The molecule has 0 aromatic carbocycles. The molecule has 1 heterocycles. The predicted octanol–water partition coefficient (Wildman–Crippen LogP) is 1.35. The first kappa shape index (κ1) is 11.5. The Morgan fingerprint density at radius 3 is 2.36 bits per heavy atom. The monoisotopic (exact) mass is 237 g/mol. The van der Waals surface area contributed by atoms with Crippen LogP contribution in [0.5, 0.6) is 0 Å². The first-order valence-corrected chi connectivity index (χ1v) is 6.56. The van der Waals surface area contributed by atoms with Crippen molar-refractivity contribution in [1.29, 1.82) is 0 Å². The van der Waals surface area contributed by atoms with Gasteiger partial charge in [-0.3, -0.25) is 0 Å². The van der Waals surface area contributed by atoms with E-state index in [-0.39, 0.29) is 11.1 Å². The molecule has 0 amide bonds. The first-order chi connectivity index (χ1) is 6.38. The lowest BCUT2D eigenvalue weighted by Gasteiger charge is -2.07. The molecule has 1 aromatic heterocycles. The highest BCUT2D eigenvalue weighted by Gasteiger charge is 2.22. The van der Waals surface area contributed by atoms with Crippen molar-refractivity contribution in [3.63, 3.8) is 0 Å². The average molecular weight is 238 g/mol. The molecule has 0 aliphatic heterocycles. The largest absolute Gasteiger partial charge is 0.301 e. The zero-order valence-electron chi connectivity index (χ0n) is 8.23. The van der Waals surface area contributed by atoms with Crippen LogP contribution in [0.25, 0.3) is 0 Å². The summed E-state index contributed by atoms with van der Waals surface area (Å²) in [4.78, 5) is 0. The third-order valence-electron chi connectivity index (χ3n) is 1.80. The topological polar surface area (TPSA) is 64.8 Å². The molecule has 1 aromatic rings. The Morgan fingerprint density at radius 2 is 2.00 bits per heavy atom. The Labute approximate surface area is 87.5 Å². The van der Waals surface area contributed by atoms with Crippen LogP contribution in [0, 0.1) is 0 Å². The van der Waals surface area contributed by atoms with Crippen molar-refractivity contribution in [2.24, 2.45) is 0 Å². The smallest absolute Gasteiger partial charge is 0.296 e. The van der Waals surface area contributed by atoms with E-state index in [0.717, 1.165) is 0 Å². The maximum Gasteiger partial charge on any atom is 0.296 e. The van der Waals surface area contributed by atoms with Crippen LogP contribution in [0.4, 0.5) is 0 Å². The van der Waals surface area contributed by atoms with Crippen molar-refractivity contribution >= 4 is 19.7 Å². The second-order valence-electron chi connectivity index (χ2n) is 3.18. The van der Waals surface area contributed by atoms with Gasteiger partial charge in [0.15, 0.2) is 0 Å². The van der Waals surface area contributed by atoms with Crippen LogP contribution in [0.15, 0.2) is 5.16 Å².